The van der Waals surface area contributed by atoms with E-state index in [4.69, 9.17) is 9.47 Å². The molecule has 0 radical (unpaired) electrons. The van der Waals surface area contributed by atoms with E-state index < -0.39 is 21.0 Å². The Morgan fingerprint density at radius 3 is 2.42 bits per heavy atom. The minimum absolute atomic E-state index is 0.104. The first kappa shape index (κ1) is 27.1. The van der Waals surface area contributed by atoms with Gasteiger partial charge in [-0.3, -0.25) is 14.9 Å². The molecular formula is C27H29N3O7S. The van der Waals surface area contributed by atoms with Crippen molar-refractivity contribution in [2.24, 2.45) is 0 Å². The van der Waals surface area contributed by atoms with Crippen LogP contribution in [0.25, 0.3) is 0 Å². The number of nitro benzene ring substituents is 1. The van der Waals surface area contributed by atoms with Gasteiger partial charge in [0.2, 0.25) is 15.9 Å². The standard InChI is InChI=1S/C27H29N3O7S/c1-36-26-17-21(10-15-25(26)37-19-20-7-3-2-4-8-20)18-29(24-9-5-6-16-28-27(24)31)38(34,35)23-13-11-22(12-14-23)30(32)33/h2-4,7-8,10-15,17,24H,5-6,9,16,18-19H2,1H3,(H,28,31). The Morgan fingerprint density at radius 2 is 1.74 bits per heavy atom. The van der Waals surface area contributed by atoms with Crippen LogP contribution in [0.2, 0.25) is 0 Å². The van der Waals surface area contributed by atoms with E-state index in [0.29, 0.717) is 43.1 Å². The topological polar surface area (TPSA) is 128 Å². The van der Waals surface area contributed by atoms with Gasteiger partial charge in [0.05, 0.1) is 16.9 Å². The average Bonchev–Trinajstić information content (AvgIpc) is 3.15. The molecule has 11 heteroatoms. The smallest absolute Gasteiger partial charge is 0.269 e. The summed E-state index contributed by atoms with van der Waals surface area (Å²) in [5.41, 5.74) is 1.35. The van der Waals surface area contributed by atoms with Gasteiger partial charge >= 0.3 is 0 Å². The van der Waals surface area contributed by atoms with E-state index in [2.05, 4.69) is 5.32 Å². The molecule has 0 saturated carbocycles. The SMILES string of the molecule is COc1cc(CN(C2CCCCNC2=O)S(=O)(=O)c2ccc([N+](=O)[O-])cc2)ccc1OCc1ccccc1. The minimum Gasteiger partial charge on any atom is -0.493 e. The van der Waals surface area contributed by atoms with Gasteiger partial charge in [0.1, 0.15) is 12.6 Å². The Bertz CT molecular complexity index is 1380. The van der Waals surface area contributed by atoms with Crippen LogP contribution < -0.4 is 14.8 Å². The largest absolute Gasteiger partial charge is 0.493 e. The van der Waals surface area contributed by atoms with Gasteiger partial charge in [-0.25, -0.2) is 8.42 Å². The van der Waals surface area contributed by atoms with Crippen molar-refractivity contribution < 1.29 is 27.6 Å². The van der Waals surface area contributed by atoms with Crippen LogP contribution in [0.4, 0.5) is 5.69 Å². The number of sulfonamides is 1. The van der Waals surface area contributed by atoms with E-state index >= 15 is 0 Å². The van der Waals surface area contributed by atoms with Crippen molar-refractivity contribution in [3.63, 3.8) is 0 Å². The van der Waals surface area contributed by atoms with Crippen molar-refractivity contribution in [2.75, 3.05) is 13.7 Å². The average molecular weight is 540 g/mol. The van der Waals surface area contributed by atoms with Gasteiger partial charge in [-0.1, -0.05) is 36.4 Å². The van der Waals surface area contributed by atoms with Gasteiger partial charge in [0, 0.05) is 25.2 Å². The van der Waals surface area contributed by atoms with E-state index in [-0.39, 0.29) is 23.0 Å². The Morgan fingerprint density at radius 1 is 1.00 bits per heavy atom. The fourth-order valence-electron chi connectivity index (χ4n) is 4.28. The third-order valence-corrected chi connectivity index (χ3v) is 8.18. The van der Waals surface area contributed by atoms with E-state index in [0.717, 1.165) is 28.4 Å². The Labute approximate surface area is 221 Å². The summed E-state index contributed by atoms with van der Waals surface area (Å²) in [5, 5.41) is 13.8. The highest BCUT2D eigenvalue weighted by Crippen LogP contribution is 2.32. The molecule has 0 bridgehead atoms. The number of non-ortho nitro benzene ring substituents is 1. The number of carbonyl (C=O) groups excluding carboxylic acids is 1. The third kappa shape index (κ3) is 6.29. The Balaban J connectivity index is 1.64. The predicted octanol–water partition coefficient (Wildman–Crippen LogP) is 4.04. The van der Waals surface area contributed by atoms with Gasteiger partial charge < -0.3 is 14.8 Å². The minimum atomic E-state index is -4.19. The second-order valence-electron chi connectivity index (χ2n) is 8.86. The molecule has 4 rings (SSSR count). The molecule has 1 aliphatic heterocycles. The normalized spacial score (nSPS) is 15.9. The molecular weight excluding hydrogens is 510 g/mol. The van der Waals surface area contributed by atoms with Crippen molar-refractivity contribution in [1.29, 1.82) is 0 Å². The van der Waals surface area contributed by atoms with Crippen LogP contribution >= 0.6 is 0 Å². The highest BCUT2D eigenvalue weighted by Gasteiger charge is 2.37. The van der Waals surface area contributed by atoms with E-state index in [1.807, 2.05) is 30.3 Å². The molecule has 1 heterocycles. The number of amides is 1. The maximum Gasteiger partial charge on any atom is 0.269 e. The molecule has 38 heavy (non-hydrogen) atoms. The number of benzene rings is 3. The number of hydrogen-bond acceptors (Lipinski definition) is 7. The molecule has 3 aromatic rings. The molecule has 0 aliphatic carbocycles. The number of rotatable bonds is 10. The molecule has 0 aromatic heterocycles. The maximum atomic E-state index is 13.8. The van der Waals surface area contributed by atoms with Gasteiger partial charge in [-0.2, -0.15) is 4.31 Å². The van der Waals surface area contributed by atoms with Crippen LogP contribution in [0.1, 0.15) is 30.4 Å². The van der Waals surface area contributed by atoms with Crippen LogP contribution in [0.5, 0.6) is 11.5 Å². The van der Waals surface area contributed by atoms with Gasteiger partial charge in [-0.05, 0) is 54.7 Å². The molecule has 1 saturated heterocycles. The second kappa shape index (κ2) is 12.1. The monoisotopic (exact) mass is 539 g/mol. The lowest BCUT2D eigenvalue weighted by Crippen LogP contribution is -2.48. The highest BCUT2D eigenvalue weighted by atomic mass is 32.2. The molecule has 1 atom stereocenters. The van der Waals surface area contributed by atoms with E-state index in [1.165, 1.54) is 19.2 Å². The van der Waals surface area contributed by atoms with Crippen molar-refractivity contribution in [3.8, 4) is 11.5 Å². The Hall–Kier alpha value is -3.96. The fourth-order valence-corrected chi connectivity index (χ4v) is 5.89. The zero-order chi connectivity index (χ0) is 27.1. The molecule has 200 valence electrons. The van der Waals surface area contributed by atoms with Crippen LogP contribution in [0.15, 0.2) is 77.7 Å². The van der Waals surface area contributed by atoms with Crippen LogP contribution in [0, 0.1) is 10.1 Å². The van der Waals surface area contributed by atoms with E-state index in [9.17, 15) is 23.3 Å². The third-order valence-electron chi connectivity index (χ3n) is 6.31. The van der Waals surface area contributed by atoms with Crippen LogP contribution in [0.3, 0.4) is 0 Å². The van der Waals surface area contributed by atoms with Crippen molar-refractivity contribution >= 4 is 21.6 Å². The number of nitro groups is 1. The Kier molecular flexibility index (Phi) is 8.59. The lowest BCUT2D eigenvalue weighted by Gasteiger charge is -2.29. The molecule has 10 nitrogen and oxygen atoms in total. The number of ether oxygens (including phenoxy) is 2. The molecule has 1 N–H and O–H groups in total. The summed E-state index contributed by atoms with van der Waals surface area (Å²) < 4.78 is 40.1. The van der Waals surface area contributed by atoms with Gasteiger partial charge in [0.25, 0.3) is 5.69 Å². The van der Waals surface area contributed by atoms with Crippen LogP contribution in [-0.2, 0) is 28.0 Å². The molecule has 1 amide bonds. The zero-order valence-corrected chi connectivity index (χ0v) is 21.7. The molecule has 0 spiro atoms. The maximum absolute atomic E-state index is 13.8. The summed E-state index contributed by atoms with van der Waals surface area (Å²) in [7, 11) is -2.69. The summed E-state index contributed by atoms with van der Waals surface area (Å²) in [5.74, 6) is 0.552. The summed E-state index contributed by atoms with van der Waals surface area (Å²) in [6, 6.07) is 18.5. The van der Waals surface area contributed by atoms with E-state index in [1.54, 1.807) is 18.2 Å². The second-order valence-corrected chi connectivity index (χ2v) is 10.8. The van der Waals surface area contributed by atoms with Crippen molar-refractivity contribution in [2.45, 2.75) is 43.4 Å². The zero-order valence-electron chi connectivity index (χ0n) is 20.9. The molecule has 1 aliphatic rings. The first-order valence-corrected chi connectivity index (χ1v) is 13.6. The summed E-state index contributed by atoms with van der Waals surface area (Å²) in [4.78, 5) is 23.2. The fraction of sp³-hybridized carbons (Fsp3) is 0.296. The first-order chi connectivity index (χ1) is 18.3. The molecule has 3 aromatic carbocycles. The highest BCUT2D eigenvalue weighted by molar-refractivity contribution is 7.89. The predicted molar refractivity (Wildman–Crippen MR) is 140 cm³/mol. The van der Waals surface area contributed by atoms with Gasteiger partial charge in [-0.15, -0.1) is 0 Å². The number of methoxy groups -OCH3 is 1. The molecule has 1 unspecified atom stereocenters. The van der Waals surface area contributed by atoms with Crippen molar-refractivity contribution in [3.05, 3.63) is 94.0 Å². The van der Waals surface area contributed by atoms with Crippen LogP contribution in [-0.4, -0.2) is 43.2 Å². The number of nitrogens with zero attached hydrogens (tertiary/aromatic N) is 2. The summed E-state index contributed by atoms with van der Waals surface area (Å²) >= 11 is 0. The number of carbonyl (C=O) groups is 1. The molecule has 1 fully saturated rings. The number of hydrogen-bond donors (Lipinski definition) is 1. The summed E-state index contributed by atoms with van der Waals surface area (Å²) in [6.07, 6.45) is 1.77. The van der Waals surface area contributed by atoms with Gasteiger partial charge in [0.15, 0.2) is 11.5 Å². The summed E-state index contributed by atoms with van der Waals surface area (Å²) in [6.45, 7) is 0.703. The lowest BCUT2D eigenvalue weighted by atomic mass is 10.1. The lowest BCUT2D eigenvalue weighted by molar-refractivity contribution is -0.384. The first-order valence-electron chi connectivity index (χ1n) is 12.2. The quantitative estimate of drug-likeness (QED) is 0.304. The van der Waals surface area contributed by atoms with Crippen molar-refractivity contribution in [1.82, 2.24) is 9.62 Å². The number of nitrogens with one attached hydrogen (secondary N) is 1.